The third kappa shape index (κ3) is 5.00. The van der Waals surface area contributed by atoms with Gasteiger partial charge in [-0.1, -0.05) is 6.07 Å². The first-order chi connectivity index (χ1) is 9.43. The van der Waals surface area contributed by atoms with Crippen LogP contribution in [0.25, 0.3) is 0 Å². The maximum absolute atomic E-state index is 12.2. The van der Waals surface area contributed by atoms with E-state index in [1.807, 2.05) is 0 Å². The Hall–Kier alpha value is -1.89. The number of anilines is 1. The summed E-state index contributed by atoms with van der Waals surface area (Å²) in [7, 11) is 1.53. The number of rotatable bonds is 6. The number of nitrogens with one attached hydrogen (secondary N) is 2. The predicted octanol–water partition coefficient (Wildman–Crippen LogP) is 2.75. The highest BCUT2D eigenvalue weighted by Gasteiger charge is 2.12. The van der Waals surface area contributed by atoms with Crippen LogP contribution >= 0.6 is 0 Å². The second kappa shape index (κ2) is 7.64. The molecule has 0 aliphatic heterocycles. The van der Waals surface area contributed by atoms with Crippen molar-refractivity contribution in [1.82, 2.24) is 5.32 Å². The summed E-state index contributed by atoms with van der Waals surface area (Å²) in [5, 5.41) is 5.24. The number of hydrogen-bond acceptors (Lipinski definition) is 3. The zero-order valence-electron chi connectivity index (χ0n) is 11.6. The van der Waals surface area contributed by atoms with Gasteiger partial charge >= 0.3 is 12.6 Å². The molecule has 2 N–H and O–H groups in total. The minimum Gasteiger partial charge on any atom is -0.434 e. The molecule has 0 radical (unpaired) electrons. The summed E-state index contributed by atoms with van der Waals surface area (Å²) in [4.78, 5) is 11.7. The summed E-state index contributed by atoms with van der Waals surface area (Å²) in [6.07, 6.45) is 0. The fraction of sp³-hybridized carbons (Fsp3) is 0.462. The van der Waals surface area contributed by atoms with E-state index in [4.69, 9.17) is 4.74 Å². The van der Waals surface area contributed by atoms with E-state index >= 15 is 0 Å². The van der Waals surface area contributed by atoms with Gasteiger partial charge in [0.05, 0.1) is 12.6 Å². The van der Waals surface area contributed by atoms with E-state index in [0.29, 0.717) is 17.9 Å². The smallest absolute Gasteiger partial charge is 0.387 e. The maximum atomic E-state index is 12.2. The lowest BCUT2D eigenvalue weighted by Crippen LogP contribution is -2.38. The molecule has 20 heavy (non-hydrogen) atoms. The molecule has 5 nitrogen and oxygen atoms in total. The van der Waals surface area contributed by atoms with E-state index in [2.05, 4.69) is 15.4 Å². The summed E-state index contributed by atoms with van der Waals surface area (Å²) in [6.45, 7) is 0.846. The molecule has 1 aromatic carbocycles. The van der Waals surface area contributed by atoms with Gasteiger partial charge in [0, 0.05) is 18.4 Å². The monoisotopic (exact) mass is 288 g/mol. The lowest BCUT2D eigenvalue weighted by atomic mass is 10.2. The largest absolute Gasteiger partial charge is 0.434 e. The number of benzene rings is 1. The van der Waals surface area contributed by atoms with Crippen molar-refractivity contribution in [2.45, 2.75) is 26.5 Å². The van der Waals surface area contributed by atoms with Gasteiger partial charge in [0.15, 0.2) is 0 Å². The van der Waals surface area contributed by atoms with Crippen molar-refractivity contribution in [3.63, 3.8) is 0 Å². The molecule has 0 aromatic heterocycles. The number of urea groups is 1. The first-order valence-electron chi connectivity index (χ1n) is 6.05. The van der Waals surface area contributed by atoms with Crippen molar-refractivity contribution in [2.24, 2.45) is 0 Å². The van der Waals surface area contributed by atoms with Crippen molar-refractivity contribution < 1.29 is 23.0 Å². The lowest BCUT2D eigenvalue weighted by Gasteiger charge is -2.16. The second-order valence-corrected chi connectivity index (χ2v) is 4.26. The molecular formula is C13H18F2N2O3. The summed E-state index contributed by atoms with van der Waals surface area (Å²) in [5.41, 5.74) is 0.840. The van der Waals surface area contributed by atoms with E-state index in [1.165, 1.54) is 19.2 Å². The zero-order valence-corrected chi connectivity index (χ0v) is 11.6. The van der Waals surface area contributed by atoms with Crippen LogP contribution in [0.15, 0.2) is 18.2 Å². The number of methoxy groups -OCH3 is 1. The van der Waals surface area contributed by atoms with Gasteiger partial charge in [-0.05, 0) is 26.0 Å². The van der Waals surface area contributed by atoms with Crippen LogP contribution in [0.1, 0.15) is 12.5 Å². The van der Waals surface area contributed by atoms with Crippen LogP contribution < -0.4 is 15.4 Å². The minimum atomic E-state index is -2.90. The van der Waals surface area contributed by atoms with Crippen LogP contribution in [0, 0.1) is 6.92 Å². The van der Waals surface area contributed by atoms with Crippen LogP contribution in [-0.4, -0.2) is 32.4 Å². The normalized spacial score (nSPS) is 12.1. The molecule has 0 bridgehead atoms. The Morgan fingerprint density at radius 1 is 1.40 bits per heavy atom. The van der Waals surface area contributed by atoms with Crippen LogP contribution in [-0.2, 0) is 4.74 Å². The molecule has 0 aliphatic carbocycles. The van der Waals surface area contributed by atoms with Crippen LogP contribution in [0.5, 0.6) is 5.75 Å². The predicted molar refractivity (Wildman–Crippen MR) is 71.3 cm³/mol. The van der Waals surface area contributed by atoms with Crippen LogP contribution in [0.4, 0.5) is 19.3 Å². The molecule has 0 unspecified atom stereocenters. The molecule has 0 spiro atoms. The molecule has 1 aromatic rings. The van der Waals surface area contributed by atoms with Crippen molar-refractivity contribution in [3.05, 3.63) is 23.8 Å². The number of carbonyl (C=O) groups is 1. The Morgan fingerprint density at radius 3 is 2.70 bits per heavy atom. The van der Waals surface area contributed by atoms with E-state index in [-0.39, 0.29) is 11.8 Å². The number of ether oxygens (including phenoxy) is 2. The molecule has 0 saturated heterocycles. The van der Waals surface area contributed by atoms with Crippen LogP contribution in [0.3, 0.4) is 0 Å². The Labute approximate surface area is 116 Å². The van der Waals surface area contributed by atoms with Gasteiger partial charge in [-0.3, -0.25) is 0 Å². The third-order valence-electron chi connectivity index (χ3n) is 2.54. The Bertz CT molecular complexity index is 455. The average Bonchev–Trinajstić information content (AvgIpc) is 2.33. The van der Waals surface area contributed by atoms with E-state index in [1.54, 1.807) is 19.9 Å². The van der Waals surface area contributed by atoms with Crippen molar-refractivity contribution >= 4 is 11.7 Å². The molecule has 0 saturated carbocycles. The number of amides is 2. The first kappa shape index (κ1) is 16.2. The molecule has 0 aliphatic rings. The summed E-state index contributed by atoms with van der Waals surface area (Å²) >= 11 is 0. The van der Waals surface area contributed by atoms with Crippen molar-refractivity contribution in [1.29, 1.82) is 0 Å². The maximum Gasteiger partial charge on any atom is 0.387 e. The van der Waals surface area contributed by atoms with Gasteiger partial charge in [-0.2, -0.15) is 8.78 Å². The fourth-order valence-corrected chi connectivity index (χ4v) is 1.65. The van der Waals surface area contributed by atoms with E-state index in [0.717, 1.165) is 0 Å². The topological polar surface area (TPSA) is 59.6 Å². The number of hydrogen-bond donors (Lipinski definition) is 2. The Morgan fingerprint density at radius 2 is 2.10 bits per heavy atom. The van der Waals surface area contributed by atoms with Gasteiger partial charge in [-0.15, -0.1) is 0 Å². The highest BCUT2D eigenvalue weighted by atomic mass is 19.3. The van der Waals surface area contributed by atoms with Crippen LogP contribution in [0.2, 0.25) is 0 Å². The number of carbonyl (C=O) groups excluding carboxylic acids is 1. The molecule has 1 rings (SSSR count). The zero-order chi connectivity index (χ0) is 15.1. The average molecular weight is 288 g/mol. The molecule has 7 heteroatoms. The van der Waals surface area contributed by atoms with Crippen molar-refractivity contribution in [3.8, 4) is 5.75 Å². The summed E-state index contributed by atoms with van der Waals surface area (Å²) in [5.74, 6) is 0.0303. The molecule has 0 fully saturated rings. The lowest BCUT2D eigenvalue weighted by molar-refractivity contribution is -0.0502. The molecule has 112 valence electrons. The standard InChI is InChI=1S/C13H18F2N2O3/c1-8(7-19-3)16-13(18)17-10-5-4-6-11(9(10)2)20-12(14)15/h4-6,8,12H,7H2,1-3H3,(H2,16,17,18)/t8-/m1/s1. The number of alkyl halides is 2. The van der Waals surface area contributed by atoms with E-state index in [9.17, 15) is 13.6 Å². The molecule has 2 amide bonds. The Balaban J connectivity index is 2.70. The molecule has 1 atom stereocenters. The van der Waals surface area contributed by atoms with Gasteiger partial charge in [0.25, 0.3) is 0 Å². The first-order valence-corrected chi connectivity index (χ1v) is 6.05. The fourth-order valence-electron chi connectivity index (χ4n) is 1.65. The van der Waals surface area contributed by atoms with Gasteiger partial charge in [0.1, 0.15) is 5.75 Å². The highest BCUT2D eigenvalue weighted by Crippen LogP contribution is 2.26. The Kier molecular flexibility index (Phi) is 6.17. The SMILES string of the molecule is COC[C@@H](C)NC(=O)Nc1cccc(OC(F)F)c1C. The van der Waals surface area contributed by atoms with Gasteiger partial charge in [-0.25, -0.2) is 4.79 Å². The minimum absolute atomic E-state index is 0.0303. The van der Waals surface area contributed by atoms with Crippen molar-refractivity contribution in [2.75, 3.05) is 19.0 Å². The van der Waals surface area contributed by atoms with Gasteiger partial charge in [0.2, 0.25) is 0 Å². The second-order valence-electron chi connectivity index (χ2n) is 4.26. The number of halogens is 2. The summed E-state index contributed by atoms with van der Waals surface area (Å²) < 4.78 is 33.7. The summed E-state index contributed by atoms with van der Waals surface area (Å²) in [6, 6.07) is 3.94. The molecule has 0 heterocycles. The molecular weight excluding hydrogens is 270 g/mol. The quantitative estimate of drug-likeness (QED) is 0.846. The van der Waals surface area contributed by atoms with Gasteiger partial charge < -0.3 is 20.1 Å². The third-order valence-corrected chi connectivity index (χ3v) is 2.54. The highest BCUT2D eigenvalue weighted by molar-refractivity contribution is 5.90. The van der Waals surface area contributed by atoms with E-state index < -0.39 is 12.6 Å².